The van der Waals surface area contributed by atoms with E-state index in [4.69, 9.17) is 48.1 Å². The van der Waals surface area contributed by atoms with E-state index in [2.05, 4.69) is 82.8 Å². The van der Waals surface area contributed by atoms with Gasteiger partial charge in [0.25, 0.3) is 0 Å². The maximum Gasteiger partial charge on any atom is 0.328 e. The highest BCUT2D eigenvalue weighted by atomic mass is 16.5. The highest BCUT2D eigenvalue weighted by Gasteiger charge is 2.42. The van der Waals surface area contributed by atoms with E-state index in [1.54, 1.807) is 56.9 Å². The normalized spacial score (nSPS) is 24.1. The van der Waals surface area contributed by atoms with Gasteiger partial charge < -0.3 is 58.7 Å². The molecule has 2 fully saturated rings. The molecule has 0 bridgehead atoms. The maximum atomic E-state index is 9.55. The van der Waals surface area contributed by atoms with E-state index in [9.17, 15) is 9.59 Å². The average molecular weight is 1080 g/mol. The number of aliphatic carboxylic acids is 2. The van der Waals surface area contributed by atoms with Crippen molar-refractivity contribution in [2.45, 2.75) is 102 Å². The fourth-order valence-corrected chi connectivity index (χ4v) is 13.6. The molecule has 0 radical (unpaired) electrons. The summed E-state index contributed by atoms with van der Waals surface area (Å²) in [7, 11) is 13.8. The lowest BCUT2D eigenvalue weighted by Gasteiger charge is -2.48. The van der Waals surface area contributed by atoms with Gasteiger partial charge in [-0.25, -0.2) is 9.59 Å². The first-order chi connectivity index (χ1) is 37.8. The Kier molecular flexibility index (Phi) is 19.8. The number of carbonyl (C=O) groups is 2. The molecule has 16 heteroatoms. The number of benzene rings is 4. The van der Waals surface area contributed by atoms with Gasteiger partial charge in [-0.3, -0.25) is 9.80 Å². The molecule has 0 aromatic heterocycles. The summed E-state index contributed by atoms with van der Waals surface area (Å²) in [6, 6.07) is 19.2. The zero-order valence-electron chi connectivity index (χ0n) is 47.6. The molecule has 6 heterocycles. The van der Waals surface area contributed by atoms with E-state index in [1.807, 2.05) is 0 Å². The van der Waals surface area contributed by atoms with Crippen LogP contribution in [-0.4, -0.2) is 128 Å². The van der Waals surface area contributed by atoms with Crippen LogP contribution < -0.4 is 48.5 Å². The van der Waals surface area contributed by atoms with E-state index < -0.39 is 11.9 Å². The molecule has 0 spiro atoms. The first-order valence-electron chi connectivity index (χ1n) is 27.9. The molecule has 6 aliphatic heterocycles. The van der Waals surface area contributed by atoms with Crippen LogP contribution in [0, 0.1) is 23.7 Å². The minimum absolute atomic E-state index is 0.345. The largest absolute Gasteiger partial charge is 0.493 e. The van der Waals surface area contributed by atoms with Crippen LogP contribution >= 0.6 is 0 Å². The molecule has 2 saturated heterocycles. The molecule has 4 aromatic carbocycles. The third-order valence-electron chi connectivity index (χ3n) is 17.7. The van der Waals surface area contributed by atoms with Crippen LogP contribution in [0.2, 0.25) is 0 Å². The zero-order valence-corrected chi connectivity index (χ0v) is 47.6. The summed E-state index contributed by atoms with van der Waals surface area (Å²) in [6.07, 6.45) is 12.4. The Hall–Kier alpha value is -6.20. The van der Waals surface area contributed by atoms with Crippen LogP contribution in [0.1, 0.15) is 121 Å². The van der Waals surface area contributed by atoms with Gasteiger partial charge in [0, 0.05) is 62.5 Å². The van der Waals surface area contributed by atoms with Crippen molar-refractivity contribution in [2.24, 2.45) is 23.7 Å². The molecule has 6 aliphatic rings. The predicted octanol–water partition coefficient (Wildman–Crippen LogP) is 9.60. The number of nitrogens with one attached hydrogen (secondary N) is 2. The van der Waals surface area contributed by atoms with Gasteiger partial charge in [-0.15, -0.1) is 0 Å². The van der Waals surface area contributed by atoms with Gasteiger partial charge in [0.2, 0.25) is 0 Å². The second kappa shape index (κ2) is 26.6. The van der Waals surface area contributed by atoms with Crippen molar-refractivity contribution in [1.82, 2.24) is 20.4 Å². The molecule has 78 heavy (non-hydrogen) atoms. The van der Waals surface area contributed by atoms with Gasteiger partial charge in [-0.1, -0.05) is 26.7 Å². The van der Waals surface area contributed by atoms with Gasteiger partial charge >= 0.3 is 11.9 Å². The summed E-state index contributed by atoms with van der Waals surface area (Å²) in [5.74, 6) is 6.86. The maximum absolute atomic E-state index is 9.55. The summed E-state index contributed by atoms with van der Waals surface area (Å²) < 4.78 is 45.0. The molecule has 0 amide bonds. The number of methoxy groups -OCH3 is 8. The number of nitrogens with zero attached hydrogens (tertiary/aromatic N) is 2. The number of piperidine rings is 2. The second-order valence-electron chi connectivity index (χ2n) is 21.5. The third kappa shape index (κ3) is 12.8. The Labute approximate surface area is 461 Å². The lowest BCUT2D eigenvalue weighted by atomic mass is 9.72. The Bertz CT molecular complexity index is 2560. The molecule has 0 unspecified atom stereocenters. The van der Waals surface area contributed by atoms with Crippen molar-refractivity contribution < 1.29 is 57.7 Å². The number of carboxylic acid groups (broad SMARTS) is 2. The number of ether oxygens (including phenoxy) is 8. The summed E-state index contributed by atoms with van der Waals surface area (Å²) in [5, 5.41) is 23.3. The third-order valence-corrected chi connectivity index (χ3v) is 17.7. The van der Waals surface area contributed by atoms with Crippen molar-refractivity contribution in [3.05, 3.63) is 105 Å². The fourth-order valence-electron chi connectivity index (χ4n) is 13.6. The summed E-state index contributed by atoms with van der Waals surface area (Å²) in [6.45, 7) is 11.3. The van der Waals surface area contributed by atoms with Crippen LogP contribution in [0.15, 0.2) is 60.7 Å². The Balaban J connectivity index is 0.000000181. The van der Waals surface area contributed by atoms with Gasteiger partial charge in [0.1, 0.15) is 0 Å². The fraction of sp³-hybridized carbons (Fsp3) is 0.548. The Morgan fingerprint density at radius 3 is 1.05 bits per heavy atom. The topological polar surface area (TPSA) is 179 Å². The molecule has 4 N–H and O–H groups in total. The predicted molar refractivity (Wildman–Crippen MR) is 301 cm³/mol. The van der Waals surface area contributed by atoms with Crippen LogP contribution in [0.3, 0.4) is 0 Å². The standard InChI is InChI=1S/2C29H40N2O4.C4H4O4/c2*1-6-18-17-31-10-8-20-14-27(33-3)29(35-5)16-23(20)25(31)12-21(18)11-24-22-15-28(34-4)26(32-2)13-19(22)7-9-30-24;5-3(6)1-2-4(7)8/h2*13-16,18,21,24-25,30H,6-12,17H2,1-5H3;1-2H,(H,5,6)(H,7,8)/b;;2-1+/t2*18-,21-,24+,25-;/m00./s1. The first kappa shape index (κ1) is 58.0. The highest BCUT2D eigenvalue weighted by Crippen LogP contribution is 2.50. The average Bonchev–Trinajstić information content (AvgIpc) is 3.52. The zero-order chi connectivity index (χ0) is 55.6. The van der Waals surface area contributed by atoms with Gasteiger partial charge in [-0.2, -0.15) is 0 Å². The SMILES string of the molecule is CC[C@H]1CN2CCc3cc(OC)c(OC)cc3[C@@H]2C[C@@H]1C[C@H]1NCCc2cc(OC)c(OC)cc21.CC[C@H]1CN2CCc3cc(OC)c(OC)cc3[C@@H]2C[C@@H]1C[C@H]1NCCc2cc(OC)c(OC)cc21.O=C(O)/C=C/C(=O)O. The number of hydrogen-bond donors (Lipinski definition) is 4. The summed E-state index contributed by atoms with van der Waals surface area (Å²) >= 11 is 0. The lowest BCUT2D eigenvalue weighted by molar-refractivity contribution is -0.134. The molecule has 10 rings (SSSR count). The Morgan fingerprint density at radius 2 is 0.756 bits per heavy atom. The molecular formula is C62H84N4O12. The molecule has 8 atom stereocenters. The molecule has 16 nitrogen and oxygen atoms in total. The molecule has 0 aliphatic carbocycles. The number of fused-ring (bicyclic) bond motifs is 8. The van der Waals surface area contributed by atoms with Gasteiger partial charge in [-0.05, 0) is 181 Å². The van der Waals surface area contributed by atoms with Gasteiger partial charge in [0.05, 0.1) is 56.9 Å². The van der Waals surface area contributed by atoms with Crippen molar-refractivity contribution in [2.75, 3.05) is 96.1 Å². The summed E-state index contributed by atoms with van der Waals surface area (Å²) in [4.78, 5) is 24.5. The van der Waals surface area contributed by atoms with E-state index in [-0.39, 0.29) is 0 Å². The molecular weight excluding hydrogens is 993 g/mol. The minimum Gasteiger partial charge on any atom is -0.493 e. The Morgan fingerprint density at radius 1 is 0.462 bits per heavy atom. The van der Waals surface area contributed by atoms with Crippen LogP contribution in [0.25, 0.3) is 0 Å². The van der Waals surface area contributed by atoms with Crippen LogP contribution in [0.4, 0.5) is 0 Å². The van der Waals surface area contributed by atoms with E-state index >= 15 is 0 Å². The molecule has 4 aromatic rings. The monoisotopic (exact) mass is 1080 g/mol. The van der Waals surface area contributed by atoms with Crippen molar-refractivity contribution in [3.8, 4) is 46.0 Å². The van der Waals surface area contributed by atoms with Crippen LogP contribution in [0.5, 0.6) is 46.0 Å². The first-order valence-corrected chi connectivity index (χ1v) is 27.9. The van der Waals surface area contributed by atoms with Crippen LogP contribution in [-0.2, 0) is 35.3 Å². The number of hydrogen-bond acceptors (Lipinski definition) is 14. The van der Waals surface area contributed by atoms with Crippen molar-refractivity contribution in [1.29, 1.82) is 0 Å². The smallest absolute Gasteiger partial charge is 0.328 e. The lowest BCUT2D eigenvalue weighted by Crippen LogP contribution is -2.46. The molecule has 424 valence electrons. The van der Waals surface area contributed by atoms with E-state index in [0.29, 0.717) is 60.0 Å². The summed E-state index contributed by atoms with van der Waals surface area (Å²) in [5.41, 5.74) is 11.2. The van der Waals surface area contributed by atoms with Crippen molar-refractivity contribution >= 4 is 11.9 Å². The number of rotatable bonds is 16. The quantitative estimate of drug-likeness (QED) is 0.0779. The highest BCUT2D eigenvalue weighted by molar-refractivity contribution is 5.89. The second-order valence-corrected chi connectivity index (χ2v) is 21.5. The van der Waals surface area contributed by atoms with Crippen molar-refractivity contribution in [3.63, 3.8) is 0 Å². The minimum atomic E-state index is -1.26. The number of carboxylic acids is 2. The molecule has 0 saturated carbocycles. The van der Waals surface area contributed by atoms with E-state index in [1.165, 1.54) is 83.3 Å². The van der Waals surface area contributed by atoms with E-state index in [0.717, 1.165) is 111 Å². The van der Waals surface area contributed by atoms with Gasteiger partial charge in [0.15, 0.2) is 46.0 Å².